The number of amides is 1. The van der Waals surface area contributed by atoms with Crippen LogP contribution in [0.15, 0.2) is 18.2 Å². The third-order valence-corrected chi connectivity index (χ3v) is 5.05. The fourth-order valence-corrected chi connectivity index (χ4v) is 3.50. The lowest BCUT2D eigenvalue weighted by Gasteiger charge is -2.30. The molecule has 2 heterocycles. The van der Waals surface area contributed by atoms with E-state index in [1.807, 2.05) is 0 Å². The van der Waals surface area contributed by atoms with Crippen molar-refractivity contribution in [2.45, 2.75) is 19.0 Å². The number of halogens is 4. The number of hydrogen-bond acceptors (Lipinski definition) is 3. The number of rotatable bonds is 2. The summed E-state index contributed by atoms with van der Waals surface area (Å²) in [5, 5.41) is 9.54. The second-order valence-corrected chi connectivity index (χ2v) is 6.80. The van der Waals surface area contributed by atoms with Crippen molar-refractivity contribution in [3.05, 3.63) is 28.8 Å². The average Bonchev–Trinajstić information content (AvgIpc) is 3.00. The standard InChI is InChI=1S/C16H15ClF3NO4/c17-11-1-2-12-9(6-11)5-10(7-25-12)13(22)21-4-3-15(8-21,14(23)24)16(18,19)20/h1-2,6,10H,3-5,7-8H2,(H,23,24). The minimum atomic E-state index is -4.92. The van der Waals surface area contributed by atoms with Crippen LogP contribution in [-0.4, -0.2) is 47.8 Å². The Hall–Kier alpha value is -1.96. The summed E-state index contributed by atoms with van der Waals surface area (Å²) in [5.41, 5.74) is -2.20. The molecule has 0 saturated carbocycles. The van der Waals surface area contributed by atoms with E-state index >= 15 is 0 Å². The van der Waals surface area contributed by atoms with E-state index in [2.05, 4.69) is 0 Å². The van der Waals surface area contributed by atoms with Crippen LogP contribution >= 0.6 is 11.6 Å². The lowest BCUT2D eigenvalue weighted by molar-refractivity contribution is -0.227. The molecule has 2 aliphatic rings. The minimum absolute atomic E-state index is 0.0378. The zero-order valence-corrected chi connectivity index (χ0v) is 13.7. The Bertz CT molecular complexity index is 724. The van der Waals surface area contributed by atoms with Gasteiger partial charge in [-0.3, -0.25) is 9.59 Å². The summed E-state index contributed by atoms with van der Waals surface area (Å²) in [5.74, 6) is -2.56. The maximum absolute atomic E-state index is 13.2. The summed E-state index contributed by atoms with van der Waals surface area (Å²) in [7, 11) is 0. The van der Waals surface area contributed by atoms with Crippen LogP contribution in [0.4, 0.5) is 13.2 Å². The van der Waals surface area contributed by atoms with E-state index in [4.69, 9.17) is 21.4 Å². The number of fused-ring (bicyclic) bond motifs is 1. The SMILES string of the molecule is O=C(C1COc2ccc(Cl)cc2C1)N1CCC(C(=O)O)(C(F)(F)F)C1. The molecule has 2 atom stereocenters. The molecule has 2 unspecified atom stereocenters. The Kier molecular flexibility index (Phi) is 4.35. The fourth-order valence-electron chi connectivity index (χ4n) is 3.30. The summed E-state index contributed by atoms with van der Waals surface area (Å²) in [4.78, 5) is 24.8. The highest BCUT2D eigenvalue weighted by Crippen LogP contribution is 2.46. The molecule has 25 heavy (non-hydrogen) atoms. The number of carbonyl (C=O) groups excluding carboxylic acids is 1. The van der Waals surface area contributed by atoms with Crippen LogP contribution in [0, 0.1) is 11.3 Å². The van der Waals surface area contributed by atoms with Gasteiger partial charge in [-0.15, -0.1) is 0 Å². The van der Waals surface area contributed by atoms with Crippen molar-refractivity contribution in [3.63, 3.8) is 0 Å². The van der Waals surface area contributed by atoms with E-state index < -0.39 is 42.4 Å². The van der Waals surface area contributed by atoms with Gasteiger partial charge in [-0.2, -0.15) is 13.2 Å². The van der Waals surface area contributed by atoms with Gasteiger partial charge in [-0.25, -0.2) is 0 Å². The highest BCUT2D eigenvalue weighted by molar-refractivity contribution is 6.30. The van der Waals surface area contributed by atoms with Gasteiger partial charge < -0.3 is 14.7 Å². The molecule has 0 bridgehead atoms. The summed E-state index contributed by atoms with van der Waals surface area (Å²) in [6, 6.07) is 4.97. The van der Waals surface area contributed by atoms with Gasteiger partial charge in [0, 0.05) is 18.1 Å². The Labute approximate surface area is 146 Å². The predicted molar refractivity (Wildman–Crippen MR) is 81.5 cm³/mol. The normalized spacial score (nSPS) is 26.1. The first-order valence-corrected chi connectivity index (χ1v) is 8.02. The van der Waals surface area contributed by atoms with E-state index in [0.29, 0.717) is 16.3 Å². The van der Waals surface area contributed by atoms with Crippen molar-refractivity contribution in [1.29, 1.82) is 0 Å². The first-order valence-electron chi connectivity index (χ1n) is 7.64. The monoisotopic (exact) mass is 377 g/mol. The van der Waals surface area contributed by atoms with Gasteiger partial charge in [0.05, 0.1) is 5.92 Å². The third kappa shape index (κ3) is 3.03. The molecular formula is C16H15ClF3NO4. The molecule has 1 N–H and O–H groups in total. The number of carbonyl (C=O) groups is 2. The molecule has 1 aromatic rings. The lowest BCUT2D eigenvalue weighted by atomic mass is 9.86. The number of ether oxygens (including phenoxy) is 1. The maximum Gasteiger partial charge on any atom is 0.406 e. The number of carboxylic acid groups (broad SMARTS) is 1. The molecule has 2 aliphatic heterocycles. The smallest absolute Gasteiger partial charge is 0.406 e. The summed E-state index contributed by atoms with van der Waals surface area (Å²) in [6.07, 6.45) is -5.28. The van der Waals surface area contributed by atoms with E-state index in [-0.39, 0.29) is 19.6 Å². The second-order valence-electron chi connectivity index (χ2n) is 6.36. The molecule has 1 saturated heterocycles. The van der Waals surface area contributed by atoms with Crippen LogP contribution in [0.5, 0.6) is 5.75 Å². The van der Waals surface area contributed by atoms with Crippen molar-refractivity contribution < 1.29 is 32.6 Å². The summed E-state index contributed by atoms with van der Waals surface area (Å²) >= 11 is 5.91. The summed E-state index contributed by atoms with van der Waals surface area (Å²) in [6.45, 7) is -1.08. The fraction of sp³-hybridized carbons (Fsp3) is 0.500. The van der Waals surface area contributed by atoms with Crippen LogP contribution in [0.2, 0.25) is 5.02 Å². The number of aliphatic carboxylic acids is 1. The molecular weight excluding hydrogens is 363 g/mol. The quantitative estimate of drug-likeness (QED) is 0.860. The molecule has 0 radical (unpaired) electrons. The van der Waals surface area contributed by atoms with Crippen LogP contribution in [0.25, 0.3) is 0 Å². The molecule has 136 valence electrons. The number of nitrogens with zero attached hydrogens (tertiary/aromatic N) is 1. The van der Waals surface area contributed by atoms with Crippen LogP contribution in [0.3, 0.4) is 0 Å². The lowest BCUT2D eigenvalue weighted by Crippen LogP contribution is -2.49. The third-order valence-electron chi connectivity index (χ3n) is 4.81. The molecule has 0 aliphatic carbocycles. The number of likely N-dealkylation sites (tertiary alicyclic amines) is 1. The van der Waals surface area contributed by atoms with E-state index in [1.54, 1.807) is 18.2 Å². The average molecular weight is 378 g/mol. The zero-order valence-electron chi connectivity index (χ0n) is 13.0. The molecule has 3 rings (SSSR count). The molecule has 9 heteroatoms. The van der Waals surface area contributed by atoms with Gasteiger partial charge in [0.25, 0.3) is 0 Å². The van der Waals surface area contributed by atoms with Crippen molar-refractivity contribution in [2.75, 3.05) is 19.7 Å². The zero-order chi connectivity index (χ0) is 18.4. The van der Waals surface area contributed by atoms with Crippen molar-refractivity contribution in [1.82, 2.24) is 4.90 Å². The largest absolute Gasteiger partial charge is 0.492 e. The molecule has 1 aromatic carbocycles. The van der Waals surface area contributed by atoms with Gasteiger partial charge >= 0.3 is 12.1 Å². The molecule has 5 nitrogen and oxygen atoms in total. The van der Waals surface area contributed by atoms with Crippen LogP contribution < -0.4 is 4.74 Å². The Morgan fingerprint density at radius 2 is 2.08 bits per heavy atom. The van der Waals surface area contributed by atoms with Gasteiger partial charge in [0.2, 0.25) is 5.91 Å². The summed E-state index contributed by atoms with van der Waals surface area (Å²) < 4.78 is 45.2. The van der Waals surface area contributed by atoms with E-state index in [1.165, 1.54) is 0 Å². The van der Waals surface area contributed by atoms with Crippen LogP contribution in [0.1, 0.15) is 12.0 Å². The second kappa shape index (κ2) is 6.09. The number of benzene rings is 1. The van der Waals surface area contributed by atoms with Gasteiger partial charge in [-0.05, 0) is 36.6 Å². The van der Waals surface area contributed by atoms with E-state index in [0.717, 1.165) is 4.90 Å². The Morgan fingerprint density at radius 3 is 2.68 bits per heavy atom. The highest BCUT2D eigenvalue weighted by atomic mass is 35.5. The highest BCUT2D eigenvalue weighted by Gasteiger charge is 2.64. The predicted octanol–water partition coefficient (Wildman–Crippen LogP) is 2.76. The molecule has 1 fully saturated rings. The van der Waals surface area contributed by atoms with Gasteiger partial charge in [-0.1, -0.05) is 11.6 Å². The minimum Gasteiger partial charge on any atom is -0.492 e. The first kappa shape index (κ1) is 17.8. The topological polar surface area (TPSA) is 66.8 Å². The van der Waals surface area contributed by atoms with Crippen molar-refractivity contribution in [2.24, 2.45) is 11.3 Å². The molecule has 0 spiro atoms. The van der Waals surface area contributed by atoms with Gasteiger partial charge in [0.15, 0.2) is 5.41 Å². The van der Waals surface area contributed by atoms with Crippen LogP contribution in [-0.2, 0) is 16.0 Å². The number of hydrogen-bond donors (Lipinski definition) is 1. The first-order chi connectivity index (χ1) is 11.6. The van der Waals surface area contributed by atoms with Crippen molar-refractivity contribution in [3.8, 4) is 5.75 Å². The van der Waals surface area contributed by atoms with E-state index in [9.17, 15) is 22.8 Å². The molecule has 0 aromatic heterocycles. The van der Waals surface area contributed by atoms with Crippen molar-refractivity contribution >= 4 is 23.5 Å². The Morgan fingerprint density at radius 1 is 1.36 bits per heavy atom. The number of carboxylic acids is 1. The molecule has 1 amide bonds. The maximum atomic E-state index is 13.2. The Balaban J connectivity index is 1.76. The number of alkyl halides is 3. The van der Waals surface area contributed by atoms with Gasteiger partial charge in [0.1, 0.15) is 12.4 Å².